The summed E-state index contributed by atoms with van der Waals surface area (Å²) in [6, 6.07) is 3.39. The normalized spacial score (nSPS) is 22.2. The van der Waals surface area contributed by atoms with Crippen LogP contribution in [0.3, 0.4) is 0 Å². The van der Waals surface area contributed by atoms with E-state index in [1.165, 1.54) is 11.8 Å². The van der Waals surface area contributed by atoms with Gasteiger partial charge in [0.1, 0.15) is 16.1 Å². The predicted molar refractivity (Wildman–Crippen MR) is 132 cm³/mol. The smallest absolute Gasteiger partial charge is 0.410 e. The van der Waals surface area contributed by atoms with Gasteiger partial charge < -0.3 is 14.2 Å². The molecule has 1 amide bonds. The molecule has 6 nitrogen and oxygen atoms in total. The molecule has 1 aliphatic carbocycles. The van der Waals surface area contributed by atoms with Crippen molar-refractivity contribution in [2.24, 2.45) is 5.92 Å². The Hall–Kier alpha value is -2.13. The monoisotopic (exact) mass is 533 g/mol. The molecule has 6 rings (SSSR count). The highest BCUT2D eigenvalue weighted by Gasteiger charge is 2.55. The highest BCUT2D eigenvalue weighted by molar-refractivity contribution is 9.10. The van der Waals surface area contributed by atoms with E-state index in [-0.39, 0.29) is 35.0 Å². The molecule has 9 heteroatoms. The fraction of sp³-hybridized carbons (Fsp3) is 0.458. The van der Waals surface area contributed by atoms with Gasteiger partial charge in [-0.15, -0.1) is 11.8 Å². The molecule has 2 saturated heterocycles. The van der Waals surface area contributed by atoms with Crippen molar-refractivity contribution in [1.29, 1.82) is 0 Å². The highest BCUT2D eigenvalue weighted by Crippen LogP contribution is 2.51. The number of aromatic nitrogens is 2. The van der Waals surface area contributed by atoms with E-state index in [2.05, 4.69) is 25.5 Å². The zero-order valence-electron chi connectivity index (χ0n) is 19.1. The van der Waals surface area contributed by atoms with Crippen LogP contribution in [0.2, 0.25) is 0 Å². The summed E-state index contributed by atoms with van der Waals surface area (Å²) in [5.74, 6) is -0.187. The van der Waals surface area contributed by atoms with Crippen LogP contribution in [0.1, 0.15) is 38.8 Å². The number of carbonyl (C=O) groups excluding carboxylic acids is 1. The quantitative estimate of drug-likeness (QED) is 0.314. The molecule has 0 unspecified atom stereocenters. The summed E-state index contributed by atoms with van der Waals surface area (Å²) in [6.45, 7) is 8.00. The second kappa shape index (κ2) is 7.70. The van der Waals surface area contributed by atoms with Gasteiger partial charge in [0.2, 0.25) is 0 Å². The molecule has 3 fully saturated rings. The largest absolute Gasteiger partial charge is 0.444 e. The first-order valence-corrected chi connectivity index (χ1v) is 12.9. The molecule has 1 aromatic carbocycles. The molecule has 174 valence electrons. The van der Waals surface area contributed by atoms with E-state index >= 15 is 4.39 Å². The Morgan fingerprint density at radius 1 is 1.36 bits per heavy atom. The predicted octanol–water partition coefficient (Wildman–Crippen LogP) is 5.66. The van der Waals surface area contributed by atoms with Gasteiger partial charge in [-0.3, -0.25) is 4.79 Å². The lowest BCUT2D eigenvalue weighted by molar-refractivity contribution is 0.0210. The maximum Gasteiger partial charge on any atom is 0.410 e. The number of amides is 1. The molecule has 0 radical (unpaired) electrons. The minimum atomic E-state index is -0.568. The maximum absolute atomic E-state index is 15.2. The zero-order valence-corrected chi connectivity index (χ0v) is 21.5. The number of ether oxygens (including phenoxy) is 1. The van der Waals surface area contributed by atoms with Crippen LogP contribution < -0.4 is 5.43 Å². The van der Waals surface area contributed by atoms with Crippen LogP contribution in [0, 0.1) is 18.7 Å². The van der Waals surface area contributed by atoms with Crippen LogP contribution in [0.4, 0.5) is 9.18 Å². The molecule has 0 N–H and O–H groups in total. The second-order valence-corrected chi connectivity index (χ2v) is 11.4. The van der Waals surface area contributed by atoms with Crippen LogP contribution in [-0.4, -0.2) is 45.0 Å². The number of hydrogen-bond acceptors (Lipinski definition) is 5. The molecule has 2 aliphatic heterocycles. The molecule has 4 heterocycles. The number of aryl methyl sites for hydroxylation is 1. The van der Waals surface area contributed by atoms with Crippen molar-refractivity contribution in [1.82, 2.24) is 14.5 Å². The summed E-state index contributed by atoms with van der Waals surface area (Å²) >= 11 is 4.66. The van der Waals surface area contributed by atoms with Crippen molar-refractivity contribution < 1.29 is 13.9 Å². The van der Waals surface area contributed by atoms with E-state index in [0.717, 1.165) is 12.0 Å². The van der Waals surface area contributed by atoms with Crippen LogP contribution in [0.15, 0.2) is 32.6 Å². The van der Waals surface area contributed by atoms with Gasteiger partial charge in [0, 0.05) is 30.1 Å². The topological polar surface area (TPSA) is 64.4 Å². The molecule has 0 spiro atoms. The van der Waals surface area contributed by atoms with Crippen molar-refractivity contribution >= 4 is 55.6 Å². The molecule has 2 bridgehead atoms. The van der Waals surface area contributed by atoms with Crippen molar-refractivity contribution in [3.05, 3.63) is 44.4 Å². The average molecular weight is 534 g/mol. The van der Waals surface area contributed by atoms with Crippen LogP contribution in [0.25, 0.3) is 21.8 Å². The van der Waals surface area contributed by atoms with E-state index in [1.807, 2.05) is 40.0 Å². The molecule has 3 aromatic rings. The van der Waals surface area contributed by atoms with Crippen molar-refractivity contribution in [2.75, 3.05) is 12.8 Å². The number of pyridine rings is 2. The Morgan fingerprint density at radius 3 is 2.76 bits per heavy atom. The van der Waals surface area contributed by atoms with Gasteiger partial charge in [0.05, 0.1) is 27.5 Å². The Kier molecular flexibility index (Phi) is 5.28. The average Bonchev–Trinajstić information content (AvgIpc) is 3.33. The SMILES string of the molecule is CSc1nc2c(F)c(Br)c(C)cc2c2c1c(=O)ccn2[C@H]1[C@@H]2C[C@H]1N(C(=O)OC(C)(C)C)C2. The number of nitrogens with zero attached hydrogens (tertiary/aromatic N) is 3. The number of benzene rings is 1. The van der Waals surface area contributed by atoms with Gasteiger partial charge in [0.15, 0.2) is 11.2 Å². The van der Waals surface area contributed by atoms with Gasteiger partial charge >= 0.3 is 6.09 Å². The Balaban J connectivity index is 1.72. The van der Waals surface area contributed by atoms with E-state index in [9.17, 15) is 9.59 Å². The third kappa shape index (κ3) is 3.46. The van der Waals surface area contributed by atoms with Crippen LogP contribution in [0.5, 0.6) is 0 Å². The number of halogens is 2. The number of thioether (sulfide) groups is 1. The van der Waals surface area contributed by atoms with Crippen molar-refractivity contribution in [2.45, 2.75) is 56.8 Å². The number of rotatable bonds is 2. The molecular weight excluding hydrogens is 509 g/mol. The summed E-state index contributed by atoms with van der Waals surface area (Å²) in [4.78, 5) is 32.1. The molecular formula is C24H25BrFN3O3S. The van der Waals surface area contributed by atoms with Crippen LogP contribution in [-0.2, 0) is 4.74 Å². The fourth-order valence-corrected chi connectivity index (χ4v) is 6.04. The van der Waals surface area contributed by atoms with Gasteiger partial charge in [-0.05, 0) is 67.9 Å². The Labute approximate surface area is 203 Å². The lowest BCUT2D eigenvalue weighted by Gasteiger charge is -2.39. The minimum Gasteiger partial charge on any atom is -0.444 e. The zero-order chi connectivity index (χ0) is 23.8. The molecule has 1 saturated carbocycles. The standard InChI is InChI=1S/C24H25BrFN3O3S/c1-11-8-13-19(18(26)17(11)25)27-22(33-5)16-15(30)6-7-28(21(13)16)20-12-9-14(20)29(10-12)23(31)32-24(2,3)4/h6-8,12,14,20H,9-10H2,1-5H3/t12-,14-,20+/m1/s1. The van der Waals surface area contributed by atoms with E-state index < -0.39 is 11.4 Å². The Morgan fingerprint density at radius 2 is 2.09 bits per heavy atom. The van der Waals surface area contributed by atoms with E-state index in [1.54, 1.807) is 17.2 Å². The first-order valence-electron chi connectivity index (χ1n) is 10.9. The second-order valence-electron chi connectivity index (χ2n) is 9.84. The fourth-order valence-electron chi connectivity index (χ4n) is 5.15. The van der Waals surface area contributed by atoms with E-state index in [4.69, 9.17) is 4.74 Å². The van der Waals surface area contributed by atoms with Gasteiger partial charge in [-0.25, -0.2) is 14.2 Å². The third-order valence-corrected chi connectivity index (χ3v) is 8.22. The van der Waals surface area contributed by atoms with Crippen LogP contribution >= 0.6 is 27.7 Å². The minimum absolute atomic E-state index is 0.00654. The number of hydrogen-bond donors (Lipinski definition) is 0. The molecule has 3 aliphatic rings. The number of fused-ring (bicyclic) bond motifs is 4. The van der Waals surface area contributed by atoms with Gasteiger partial charge in [-0.2, -0.15) is 0 Å². The highest BCUT2D eigenvalue weighted by atomic mass is 79.9. The van der Waals surface area contributed by atoms with Crippen molar-refractivity contribution in [3.8, 4) is 0 Å². The van der Waals surface area contributed by atoms with E-state index in [0.29, 0.717) is 32.3 Å². The molecule has 3 atom stereocenters. The summed E-state index contributed by atoms with van der Waals surface area (Å²) in [5.41, 5.74) is 0.934. The maximum atomic E-state index is 15.2. The number of carbonyl (C=O) groups is 1. The Bertz CT molecular complexity index is 1380. The van der Waals surface area contributed by atoms with Gasteiger partial charge in [-0.1, -0.05) is 0 Å². The summed E-state index contributed by atoms with van der Waals surface area (Å²) < 4.78 is 23.3. The van der Waals surface area contributed by atoms with Gasteiger partial charge in [0.25, 0.3) is 0 Å². The molecule has 33 heavy (non-hydrogen) atoms. The first-order chi connectivity index (χ1) is 15.5. The lowest BCUT2D eigenvalue weighted by Crippen LogP contribution is -2.44. The lowest BCUT2D eigenvalue weighted by atomic mass is 9.79. The third-order valence-electron chi connectivity index (χ3n) is 6.57. The summed E-state index contributed by atoms with van der Waals surface area (Å²) in [5, 5.41) is 1.60. The summed E-state index contributed by atoms with van der Waals surface area (Å²) in [7, 11) is 0. The van der Waals surface area contributed by atoms with Crippen molar-refractivity contribution in [3.63, 3.8) is 0 Å². The molecule has 2 aromatic heterocycles. The first kappa shape index (κ1) is 22.7. The summed E-state index contributed by atoms with van der Waals surface area (Å²) in [6.07, 6.45) is 4.19.